The molecule has 0 unspecified atom stereocenters. The lowest BCUT2D eigenvalue weighted by Crippen LogP contribution is -2.63. The highest BCUT2D eigenvalue weighted by atomic mass is 16.7. The summed E-state index contributed by atoms with van der Waals surface area (Å²) in [6.07, 6.45) is 0.240. The summed E-state index contributed by atoms with van der Waals surface area (Å²) in [4.78, 5) is 48.5. The summed E-state index contributed by atoms with van der Waals surface area (Å²) in [6.45, 7) is 5.62. The highest BCUT2D eigenvalue weighted by Gasteiger charge is 2.63. The zero-order chi connectivity index (χ0) is 30.1. The predicted octanol–water partition coefficient (Wildman–Crippen LogP) is 1.01. The van der Waals surface area contributed by atoms with E-state index in [2.05, 4.69) is 5.48 Å². The van der Waals surface area contributed by atoms with E-state index in [1.807, 2.05) is 25.7 Å². The van der Waals surface area contributed by atoms with Crippen molar-refractivity contribution < 1.29 is 39.6 Å². The fourth-order valence-corrected chi connectivity index (χ4v) is 6.22. The normalized spacial score (nSPS) is 26.6. The Labute approximate surface area is 232 Å². The van der Waals surface area contributed by atoms with E-state index in [9.17, 15) is 34.8 Å². The molecule has 0 spiro atoms. The smallest absolute Gasteiger partial charge is 0.255 e. The van der Waals surface area contributed by atoms with E-state index in [0.29, 0.717) is 16.8 Å². The van der Waals surface area contributed by atoms with Crippen LogP contribution in [-0.4, -0.2) is 88.2 Å². The van der Waals surface area contributed by atoms with Crippen LogP contribution in [0.1, 0.15) is 48.7 Å². The number of nitrogens with two attached hydrogens (primary N) is 1. The topological polar surface area (TPSA) is 186 Å². The van der Waals surface area contributed by atoms with Gasteiger partial charge in [0.25, 0.3) is 5.91 Å². The molecule has 7 N–H and O–H groups in total. The Balaban J connectivity index is 1.90. The molecule has 0 aliphatic heterocycles. The monoisotopic (exact) mass is 558 g/mol. The van der Waals surface area contributed by atoms with Crippen molar-refractivity contribution in [1.82, 2.24) is 10.4 Å². The number of phenols is 1. The Kier molecular flexibility index (Phi) is 7.29. The van der Waals surface area contributed by atoms with Crippen LogP contribution in [0.25, 0.3) is 0 Å². The predicted molar refractivity (Wildman–Crippen MR) is 146 cm³/mol. The number of primary amides is 1. The van der Waals surface area contributed by atoms with Gasteiger partial charge >= 0.3 is 0 Å². The number of aliphatic hydroxyl groups is 3. The number of carbonyl (C=O) groups is 3. The zero-order valence-corrected chi connectivity index (χ0v) is 23.8. The summed E-state index contributed by atoms with van der Waals surface area (Å²) >= 11 is 0. The molecular weight excluding hydrogens is 520 g/mol. The fourth-order valence-electron chi connectivity index (χ4n) is 6.22. The van der Waals surface area contributed by atoms with Crippen molar-refractivity contribution >= 4 is 23.2 Å². The number of benzene rings is 1. The minimum atomic E-state index is -2.68. The molecule has 0 aromatic heterocycles. The molecule has 1 aromatic rings. The summed E-state index contributed by atoms with van der Waals surface area (Å²) in [5, 5.41) is 45.4. The van der Waals surface area contributed by atoms with Crippen molar-refractivity contribution in [1.29, 1.82) is 0 Å². The number of likely N-dealkylation sites (N-methyl/N-ethyl adjacent to an activating group) is 1. The molecule has 4 rings (SSSR count). The SMILES string of the molecule is CN(C)c1cc(CNOC(C)(C)C)c(O)c2c1C[C@H]1C[C@H]3[C@@H](N(C)C)C(O)=C(C(N)=O)C(=O)[C@@]3(O)C(O)=C1C2=O. The third kappa shape index (κ3) is 4.44. The Morgan fingerprint density at radius 2 is 1.80 bits per heavy atom. The number of nitrogens with zero attached hydrogens (tertiary/aromatic N) is 2. The van der Waals surface area contributed by atoms with Gasteiger partial charge in [0.15, 0.2) is 11.4 Å². The second-order valence-electron chi connectivity index (χ2n) is 12.2. The van der Waals surface area contributed by atoms with Gasteiger partial charge in [0.1, 0.15) is 22.8 Å². The van der Waals surface area contributed by atoms with E-state index in [0.717, 1.165) is 0 Å². The number of allylic oxidation sites excluding steroid dienone is 1. The molecular formula is C28H38N4O8. The number of hydroxylamine groups is 1. The van der Waals surface area contributed by atoms with E-state index >= 15 is 0 Å². The first-order valence-corrected chi connectivity index (χ1v) is 13.0. The number of amides is 1. The van der Waals surface area contributed by atoms with E-state index in [4.69, 9.17) is 10.6 Å². The minimum absolute atomic E-state index is 0.0299. The lowest BCUT2D eigenvalue weighted by atomic mass is 9.58. The number of Topliss-reactive ketones (excluding diaryl/α,β-unsaturated/α-hetero) is 2. The quantitative estimate of drug-likeness (QED) is 0.216. The van der Waals surface area contributed by atoms with Gasteiger partial charge in [0.2, 0.25) is 5.78 Å². The first kappa shape index (κ1) is 29.5. The fraction of sp³-hybridized carbons (Fsp3) is 0.536. The van der Waals surface area contributed by atoms with E-state index in [-0.39, 0.29) is 36.3 Å². The number of carbonyl (C=O) groups excluding carboxylic acids is 3. The first-order chi connectivity index (χ1) is 18.4. The van der Waals surface area contributed by atoms with Crippen LogP contribution >= 0.6 is 0 Å². The average molecular weight is 559 g/mol. The number of ketones is 2. The maximum absolute atomic E-state index is 14.0. The van der Waals surface area contributed by atoms with Gasteiger partial charge in [-0.05, 0) is 65.3 Å². The van der Waals surface area contributed by atoms with Gasteiger partial charge in [-0.3, -0.25) is 24.1 Å². The number of phenolic OH excluding ortho intramolecular Hbond substituents is 1. The van der Waals surface area contributed by atoms with Crippen LogP contribution in [0.4, 0.5) is 5.69 Å². The molecule has 1 aromatic carbocycles. The van der Waals surface area contributed by atoms with Crippen molar-refractivity contribution in [3.8, 4) is 5.75 Å². The van der Waals surface area contributed by atoms with Gasteiger partial charge in [-0.25, -0.2) is 0 Å². The zero-order valence-electron chi connectivity index (χ0n) is 23.8. The highest BCUT2D eigenvalue weighted by Crippen LogP contribution is 2.53. The van der Waals surface area contributed by atoms with Crippen molar-refractivity contribution in [3.63, 3.8) is 0 Å². The van der Waals surface area contributed by atoms with Crippen molar-refractivity contribution in [3.05, 3.63) is 45.4 Å². The van der Waals surface area contributed by atoms with Crippen LogP contribution in [-0.2, 0) is 27.4 Å². The number of hydrogen-bond donors (Lipinski definition) is 6. The standard InChI is InChI=1S/C28H38N4O8/c1-27(2,3)40-30-11-13-10-16(31(4)5)14-8-12-9-15-20(32(6)7)23(35)19(26(29)38)25(37)28(15,39)24(36)17(12)22(34)18(14)21(13)33/h10,12,15,20,30,33,35-36,39H,8-9,11H2,1-7H3,(H2,29,38)/t12-,15-,20+,28-/m0/s1. The summed E-state index contributed by atoms with van der Waals surface area (Å²) in [5.74, 6) is -6.77. The summed E-state index contributed by atoms with van der Waals surface area (Å²) in [5.41, 5.74) is 5.53. The number of aromatic hydroxyl groups is 1. The number of nitrogens with one attached hydrogen (secondary N) is 1. The van der Waals surface area contributed by atoms with Crippen LogP contribution in [0.5, 0.6) is 5.75 Å². The summed E-state index contributed by atoms with van der Waals surface area (Å²) in [6, 6.07) is 0.720. The maximum Gasteiger partial charge on any atom is 0.255 e. The number of fused-ring (bicyclic) bond motifs is 3. The Morgan fingerprint density at radius 1 is 1.18 bits per heavy atom. The molecule has 40 heavy (non-hydrogen) atoms. The largest absolute Gasteiger partial charge is 0.510 e. The van der Waals surface area contributed by atoms with Gasteiger partial charge in [0.05, 0.1) is 17.2 Å². The molecule has 1 amide bonds. The number of rotatable bonds is 6. The van der Waals surface area contributed by atoms with Crippen molar-refractivity contribution in [2.24, 2.45) is 17.6 Å². The number of aliphatic hydroxyl groups excluding tert-OH is 2. The molecule has 4 atom stereocenters. The second-order valence-corrected chi connectivity index (χ2v) is 12.2. The van der Waals surface area contributed by atoms with Gasteiger partial charge in [0, 0.05) is 43.4 Å². The Morgan fingerprint density at radius 3 is 2.33 bits per heavy atom. The van der Waals surface area contributed by atoms with Crippen molar-refractivity contribution in [2.75, 3.05) is 33.1 Å². The molecule has 0 fully saturated rings. The molecule has 12 nitrogen and oxygen atoms in total. The Bertz CT molecular complexity index is 1360. The highest BCUT2D eigenvalue weighted by molar-refractivity contribution is 6.24. The van der Waals surface area contributed by atoms with E-state index in [1.165, 1.54) is 4.90 Å². The number of anilines is 1. The second kappa shape index (κ2) is 9.88. The molecule has 3 aliphatic carbocycles. The van der Waals surface area contributed by atoms with Crippen molar-refractivity contribution in [2.45, 2.75) is 57.4 Å². The van der Waals surface area contributed by atoms with Crippen LogP contribution in [0.15, 0.2) is 28.7 Å². The lowest BCUT2D eigenvalue weighted by Gasteiger charge is -2.50. The molecule has 0 saturated carbocycles. The lowest BCUT2D eigenvalue weighted by molar-refractivity contribution is -0.148. The first-order valence-electron chi connectivity index (χ1n) is 13.0. The van der Waals surface area contributed by atoms with Gasteiger partial charge in [-0.2, -0.15) is 5.48 Å². The molecule has 218 valence electrons. The van der Waals surface area contributed by atoms with E-state index < -0.39 is 63.6 Å². The third-order valence-corrected chi connectivity index (χ3v) is 7.90. The summed E-state index contributed by atoms with van der Waals surface area (Å²) < 4.78 is 0. The maximum atomic E-state index is 14.0. The molecule has 0 radical (unpaired) electrons. The van der Waals surface area contributed by atoms with Gasteiger partial charge in [-0.1, -0.05) is 0 Å². The molecule has 0 bridgehead atoms. The van der Waals surface area contributed by atoms with E-state index in [1.54, 1.807) is 34.3 Å². The molecule has 12 heteroatoms. The van der Waals surface area contributed by atoms with Crippen LogP contribution < -0.4 is 16.1 Å². The molecule has 0 heterocycles. The average Bonchev–Trinajstić information content (AvgIpc) is 2.81. The van der Waals surface area contributed by atoms with Gasteiger partial charge < -0.3 is 31.1 Å². The molecule has 3 aliphatic rings. The van der Waals surface area contributed by atoms with Crippen LogP contribution in [0.2, 0.25) is 0 Å². The number of hydrogen-bond acceptors (Lipinski definition) is 11. The van der Waals surface area contributed by atoms with Crippen LogP contribution in [0, 0.1) is 11.8 Å². The Hall–Kier alpha value is -3.45. The summed E-state index contributed by atoms with van der Waals surface area (Å²) in [7, 11) is 6.79. The third-order valence-electron chi connectivity index (χ3n) is 7.90. The molecule has 0 saturated heterocycles. The van der Waals surface area contributed by atoms with Crippen LogP contribution in [0.3, 0.4) is 0 Å². The minimum Gasteiger partial charge on any atom is -0.510 e. The van der Waals surface area contributed by atoms with Gasteiger partial charge in [-0.15, -0.1) is 0 Å².